The van der Waals surface area contributed by atoms with Gasteiger partial charge in [0.2, 0.25) is 0 Å². The monoisotopic (exact) mass is 735 g/mol. The Bertz CT molecular complexity index is 2820. The van der Waals surface area contributed by atoms with Crippen molar-refractivity contribution in [1.29, 1.82) is 0 Å². The number of anilines is 5. The van der Waals surface area contributed by atoms with Crippen LogP contribution in [0.15, 0.2) is 97.3 Å². The Balaban J connectivity index is 1.16. The highest BCUT2D eigenvalue weighted by Gasteiger charge is 2.47. The maximum atomic E-state index is 5.11. The number of aromatic nitrogens is 3. The maximum Gasteiger partial charge on any atom is 0.141 e. The zero-order valence-electron chi connectivity index (χ0n) is 35.0. The Morgan fingerprint density at radius 2 is 1.05 bits per heavy atom. The van der Waals surface area contributed by atoms with E-state index in [1.54, 1.807) is 0 Å². The lowest BCUT2D eigenvalue weighted by molar-refractivity contribution is 0.562. The first-order valence-electron chi connectivity index (χ1n) is 20.3. The van der Waals surface area contributed by atoms with Gasteiger partial charge in [-0.1, -0.05) is 126 Å². The van der Waals surface area contributed by atoms with Crippen LogP contribution in [0.2, 0.25) is 0 Å². The lowest BCUT2D eigenvalue weighted by Gasteiger charge is -2.49. The van der Waals surface area contributed by atoms with Crippen molar-refractivity contribution in [3.8, 4) is 5.82 Å². The van der Waals surface area contributed by atoms with Crippen molar-refractivity contribution >= 4 is 50.4 Å². The van der Waals surface area contributed by atoms with Gasteiger partial charge in [0.25, 0.3) is 0 Å². The molecule has 0 saturated carbocycles. The molecule has 7 aromatic rings. The Hall–Kier alpha value is -5.42. The van der Waals surface area contributed by atoms with E-state index in [1.807, 2.05) is 12.4 Å². The molecule has 0 saturated heterocycles. The molecule has 56 heavy (non-hydrogen) atoms. The van der Waals surface area contributed by atoms with Crippen molar-refractivity contribution in [2.75, 3.05) is 10.2 Å². The van der Waals surface area contributed by atoms with Gasteiger partial charge in [-0.15, -0.1) is 0 Å². The molecule has 0 bridgehead atoms. The van der Waals surface area contributed by atoms with Gasteiger partial charge in [-0.05, 0) is 86.7 Å². The number of benzene rings is 4. The van der Waals surface area contributed by atoms with Crippen LogP contribution >= 0.6 is 0 Å². The normalized spacial score (nSPS) is 17.0. The highest BCUT2D eigenvalue weighted by atomic mass is 15.2. The summed E-state index contributed by atoms with van der Waals surface area (Å²) >= 11 is 0. The van der Waals surface area contributed by atoms with Gasteiger partial charge in [0, 0.05) is 61.9 Å². The first kappa shape index (κ1) is 35.0. The Morgan fingerprint density at radius 1 is 0.518 bits per heavy atom. The fourth-order valence-electron chi connectivity index (χ4n) is 10.0. The molecule has 0 amide bonds. The molecule has 282 valence electrons. The highest BCUT2D eigenvalue weighted by Crippen LogP contribution is 2.60. The zero-order chi connectivity index (χ0) is 39.5. The standard InChI is InChI=1S/C51H53N5/c1-47(2,3)29-23-34-33-19-17-31(27-41(33)55-43(34)38(24-29)50(9,10)36-15-13-21-52-45(36)55)54-32-18-20-35-42(28-32)56-44-39(49(35,7)8)25-30(48(4,5)6)26-40(44)51(11,12)37-16-14-22-53-46(37)56/h13-28,54H,1-12H3. The number of fused-ring (bicyclic) bond motifs is 9. The van der Waals surface area contributed by atoms with Gasteiger partial charge in [-0.3, -0.25) is 9.47 Å². The predicted octanol–water partition coefficient (Wildman–Crippen LogP) is 13.3. The molecule has 6 heterocycles. The van der Waals surface area contributed by atoms with Crippen LogP contribution in [-0.2, 0) is 27.1 Å². The average Bonchev–Trinajstić information content (AvgIpc) is 3.46. The third-order valence-corrected chi connectivity index (χ3v) is 13.5. The van der Waals surface area contributed by atoms with Gasteiger partial charge in [0.1, 0.15) is 11.6 Å². The lowest BCUT2D eigenvalue weighted by atomic mass is 9.65. The molecule has 1 N–H and O–H groups in total. The van der Waals surface area contributed by atoms with E-state index in [1.165, 1.54) is 72.2 Å². The summed E-state index contributed by atoms with van der Waals surface area (Å²) in [5.74, 6) is 2.04. The first-order valence-corrected chi connectivity index (χ1v) is 20.3. The summed E-state index contributed by atoms with van der Waals surface area (Å²) in [6.45, 7) is 28.1. The summed E-state index contributed by atoms with van der Waals surface area (Å²) in [5, 5.41) is 6.40. The molecule has 0 radical (unpaired) electrons. The fourth-order valence-corrected chi connectivity index (χ4v) is 10.0. The van der Waals surface area contributed by atoms with Crippen molar-refractivity contribution < 1.29 is 0 Å². The first-order chi connectivity index (χ1) is 26.3. The lowest BCUT2D eigenvalue weighted by Crippen LogP contribution is -2.39. The van der Waals surface area contributed by atoms with E-state index in [0.29, 0.717) is 0 Å². The highest BCUT2D eigenvalue weighted by molar-refractivity contribution is 6.12. The molecule has 0 aliphatic carbocycles. The van der Waals surface area contributed by atoms with Crippen molar-refractivity contribution in [3.05, 3.63) is 142 Å². The molecule has 3 aliphatic rings. The second-order valence-electron chi connectivity index (χ2n) is 20.2. The number of nitrogens with one attached hydrogen (secondary N) is 1. The second kappa shape index (κ2) is 10.9. The molecule has 3 aromatic heterocycles. The van der Waals surface area contributed by atoms with E-state index in [-0.39, 0.29) is 27.1 Å². The van der Waals surface area contributed by atoms with Gasteiger partial charge < -0.3 is 5.32 Å². The molecule has 0 unspecified atom stereocenters. The molecule has 0 spiro atoms. The van der Waals surface area contributed by atoms with Crippen LogP contribution < -0.4 is 10.2 Å². The summed E-state index contributed by atoms with van der Waals surface area (Å²) in [5.41, 5.74) is 17.0. The number of hydrogen-bond acceptors (Lipinski definition) is 4. The van der Waals surface area contributed by atoms with Gasteiger partial charge in [0.15, 0.2) is 0 Å². The SMILES string of the molecule is CC(C)(C)c1cc2c3c(c1)C(C)(C)c1cccnc1N3c1cc(Nc3ccc4c5cc(C(C)(C)C)cc6c5n(c4c3)-c3ncccc3C6(C)C)ccc1C2(C)C. The van der Waals surface area contributed by atoms with E-state index in [2.05, 4.69) is 183 Å². The van der Waals surface area contributed by atoms with Crippen molar-refractivity contribution in [3.63, 3.8) is 0 Å². The molecule has 10 rings (SSSR count). The number of nitrogens with zero attached hydrogens (tertiary/aromatic N) is 4. The Labute approximate surface area is 331 Å². The van der Waals surface area contributed by atoms with Crippen molar-refractivity contribution in [2.24, 2.45) is 0 Å². The molecule has 5 heteroatoms. The van der Waals surface area contributed by atoms with E-state index in [9.17, 15) is 0 Å². The van der Waals surface area contributed by atoms with Gasteiger partial charge in [-0.2, -0.15) is 0 Å². The van der Waals surface area contributed by atoms with Crippen LogP contribution in [0.1, 0.15) is 128 Å². The third kappa shape index (κ3) is 4.60. The van der Waals surface area contributed by atoms with Crippen molar-refractivity contribution in [2.45, 2.75) is 110 Å². The minimum absolute atomic E-state index is 0.0159. The minimum Gasteiger partial charge on any atom is -0.355 e. The topological polar surface area (TPSA) is 46.0 Å². The molecule has 5 nitrogen and oxygen atoms in total. The molecule has 0 atom stereocenters. The van der Waals surface area contributed by atoms with Gasteiger partial charge >= 0.3 is 0 Å². The van der Waals surface area contributed by atoms with Crippen LogP contribution in [0.4, 0.5) is 28.6 Å². The average molecular weight is 736 g/mol. The summed E-state index contributed by atoms with van der Waals surface area (Å²) in [4.78, 5) is 12.6. The summed E-state index contributed by atoms with van der Waals surface area (Å²) < 4.78 is 2.41. The predicted molar refractivity (Wildman–Crippen MR) is 235 cm³/mol. The maximum absolute atomic E-state index is 5.11. The number of rotatable bonds is 2. The molecule has 0 fully saturated rings. The van der Waals surface area contributed by atoms with Crippen LogP contribution in [0.5, 0.6) is 0 Å². The Kier molecular flexibility index (Phi) is 6.82. The quantitative estimate of drug-likeness (QED) is 0.192. The molecular formula is C51H53N5. The van der Waals surface area contributed by atoms with Crippen LogP contribution in [-0.4, -0.2) is 14.5 Å². The number of hydrogen-bond donors (Lipinski definition) is 1. The van der Waals surface area contributed by atoms with E-state index < -0.39 is 0 Å². The zero-order valence-corrected chi connectivity index (χ0v) is 35.0. The number of pyridine rings is 2. The van der Waals surface area contributed by atoms with Crippen LogP contribution in [0.3, 0.4) is 0 Å². The third-order valence-electron chi connectivity index (χ3n) is 13.5. The van der Waals surface area contributed by atoms with Gasteiger partial charge in [-0.25, -0.2) is 9.97 Å². The fraction of sp³-hybridized carbons (Fsp3) is 0.333. The second-order valence-corrected chi connectivity index (χ2v) is 20.2. The molecule has 3 aliphatic heterocycles. The molecule has 4 aromatic carbocycles. The van der Waals surface area contributed by atoms with E-state index in [4.69, 9.17) is 9.97 Å². The largest absolute Gasteiger partial charge is 0.355 e. The molecular weight excluding hydrogens is 683 g/mol. The minimum atomic E-state index is -0.219. The summed E-state index contributed by atoms with van der Waals surface area (Å²) in [6, 6.07) is 32.3. The van der Waals surface area contributed by atoms with E-state index in [0.717, 1.165) is 28.5 Å². The van der Waals surface area contributed by atoms with Gasteiger partial charge in [0.05, 0.1) is 22.4 Å². The van der Waals surface area contributed by atoms with E-state index >= 15 is 0 Å². The smallest absolute Gasteiger partial charge is 0.141 e. The van der Waals surface area contributed by atoms with Crippen LogP contribution in [0, 0.1) is 0 Å². The van der Waals surface area contributed by atoms with Crippen molar-refractivity contribution in [1.82, 2.24) is 14.5 Å². The summed E-state index contributed by atoms with van der Waals surface area (Å²) in [6.07, 6.45) is 3.87. The van der Waals surface area contributed by atoms with Crippen LogP contribution in [0.25, 0.3) is 27.6 Å². The summed E-state index contributed by atoms with van der Waals surface area (Å²) in [7, 11) is 0. The Morgan fingerprint density at radius 3 is 1.71 bits per heavy atom.